The van der Waals surface area contributed by atoms with Gasteiger partial charge in [-0.25, -0.2) is 0 Å². The summed E-state index contributed by atoms with van der Waals surface area (Å²) in [6.07, 6.45) is 2.32. The summed E-state index contributed by atoms with van der Waals surface area (Å²) in [4.78, 5) is 27.5. The fourth-order valence-electron chi connectivity index (χ4n) is 5.22. The molecule has 0 saturated heterocycles. The Balaban J connectivity index is 1.50. The summed E-state index contributed by atoms with van der Waals surface area (Å²) in [7, 11) is 1.63. The van der Waals surface area contributed by atoms with Gasteiger partial charge in [0.25, 0.3) is 0 Å². The van der Waals surface area contributed by atoms with E-state index in [-0.39, 0.29) is 33.1 Å². The van der Waals surface area contributed by atoms with Crippen molar-refractivity contribution in [1.82, 2.24) is 0 Å². The van der Waals surface area contributed by atoms with E-state index in [4.69, 9.17) is 32.4 Å². The molecule has 6 rings (SSSR count). The topological polar surface area (TPSA) is 80.6 Å². The third-order valence-corrected chi connectivity index (χ3v) is 7.53. The van der Waals surface area contributed by atoms with Gasteiger partial charge in [-0.2, -0.15) is 0 Å². The van der Waals surface area contributed by atoms with Crippen molar-refractivity contribution in [3.8, 4) is 5.75 Å². The summed E-state index contributed by atoms with van der Waals surface area (Å²) >= 11 is 12.5. The minimum atomic E-state index is -0.714. The molecule has 0 bridgehead atoms. The van der Waals surface area contributed by atoms with Gasteiger partial charge in [0, 0.05) is 22.7 Å². The molecule has 3 aromatic carbocycles. The van der Waals surface area contributed by atoms with Crippen LogP contribution >= 0.6 is 23.2 Å². The molecule has 2 atom stereocenters. The normalized spacial score (nSPS) is 18.9. The van der Waals surface area contributed by atoms with Crippen LogP contribution in [0.15, 0.2) is 87.4 Å². The number of hydrogen-bond donors (Lipinski definition) is 2. The average Bonchev–Trinajstić information content (AvgIpc) is 3.06. The molecule has 1 aliphatic heterocycles. The predicted octanol–water partition coefficient (Wildman–Crippen LogP) is 7.09. The van der Waals surface area contributed by atoms with Gasteiger partial charge >= 0.3 is 0 Å². The molecule has 2 aliphatic rings. The average molecular weight is 533 g/mol. The molecule has 0 fully saturated rings. The van der Waals surface area contributed by atoms with E-state index in [0.29, 0.717) is 29.0 Å². The van der Waals surface area contributed by atoms with E-state index in [2.05, 4.69) is 10.6 Å². The van der Waals surface area contributed by atoms with Crippen molar-refractivity contribution < 1.29 is 13.9 Å². The van der Waals surface area contributed by atoms with Gasteiger partial charge in [0.2, 0.25) is 0 Å². The van der Waals surface area contributed by atoms with Gasteiger partial charge in [-0.1, -0.05) is 47.5 Å². The number of rotatable bonds is 3. The molecule has 8 heteroatoms. The number of fused-ring (bicyclic) bond motifs is 2. The molecular weight excluding hydrogens is 511 g/mol. The number of Topliss-reactive ketones (excluding diaryl/α,β-unsaturated/α-hetero) is 1. The van der Waals surface area contributed by atoms with E-state index in [1.54, 1.807) is 13.2 Å². The number of carbonyl (C=O) groups is 1. The number of nitrogens with one attached hydrogen (secondary N) is 2. The van der Waals surface area contributed by atoms with Gasteiger partial charge in [0.05, 0.1) is 40.5 Å². The summed E-state index contributed by atoms with van der Waals surface area (Å²) in [6.45, 7) is 0. The Bertz CT molecular complexity index is 1640. The highest BCUT2D eigenvalue weighted by Gasteiger charge is 2.37. The predicted molar refractivity (Wildman–Crippen MR) is 146 cm³/mol. The number of anilines is 2. The second kappa shape index (κ2) is 9.29. The van der Waals surface area contributed by atoms with Crippen molar-refractivity contribution in [3.05, 3.63) is 110 Å². The molecule has 2 N–H and O–H groups in total. The minimum absolute atomic E-state index is 0.0128. The first-order valence-corrected chi connectivity index (χ1v) is 12.6. The molecule has 186 valence electrons. The summed E-state index contributed by atoms with van der Waals surface area (Å²) in [5.41, 5.74) is 4.25. The van der Waals surface area contributed by atoms with Crippen molar-refractivity contribution in [1.29, 1.82) is 0 Å². The third kappa shape index (κ3) is 4.16. The Morgan fingerprint density at radius 3 is 2.49 bits per heavy atom. The molecule has 2 heterocycles. The highest BCUT2D eigenvalue weighted by Crippen LogP contribution is 2.44. The van der Waals surface area contributed by atoms with Crippen LogP contribution in [0.4, 0.5) is 11.4 Å². The Morgan fingerprint density at radius 2 is 1.73 bits per heavy atom. The van der Waals surface area contributed by atoms with Crippen molar-refractivity contribution in [2.24, 2.45) is 0 Å². The first kappa shape index (κ1) is 23.6. The lowest BCUT2D eigenvalue weighted by Gasteiger charge is -2.29. The minimum Gasteiger partial charge on any atom is -0.497 e. The second-order valence-corrected chi connectivity index (χ2v) is 10.1. The monoisotopic (exact) mass is 532 g/mol. The van der Waals surface area contributed by atoms with Crippen LogP contribution in [0.25, 0.3) is 11.0 Å². The lowest BCUT2D eigenvalue weighted by Crippen LogP contribution is -2.29. The largest absolute Gasteiger partial charge is 0.497 e. The van der Waals surface area contributed by atoms with Gasteiger partial charge in [-0.15, -0.1) is 0 Å². The van der Waals surface area contributed by atoms with Crippen LogP contribution in [0.3, 0.4) is 0 Å². The summed E-state index contributed by atoms with van der Waals surface area (Å²) in [5.74, 6) is 0.713. The van der Waals surface area contributed by atoms with Crippen LogP contribution in [0.5, 0.6) is 5.75 Å². The first-order valence-electron chi connectivity index (χ1n) is 11.9. The van der Waals surface area contributed by atoms with Crippen LogP contribution in [0.2, 0.25) is 10.0 Å². The van der Waals surface area contributed by atoms with Crippen molar-refractivity contribution in [3.63, 3.8) is 0 Å². The Kier molecular flexibility index (Phi) is 5.94. The number of para-hydroxylation sites is 2. The van der Waals surface area contributed by atoms with Crippen LogP contribution in [-0.4, -0.2) is 12.9 Å². The van der Waals surface area contributed by atoms with Gasteiger partial charge in [-0.3, -0.25) is 9.59 Å². The number of ether oxygens (including phenoxy) is 1. The fraction of sp³-hybridized carbons (Fsp3) is 0.172. The Morgan fingerprint density at radius 1 is 0.973 bits per heavy atom. The molecule has 0 saturated carbocycles. The maximum atomic E-state index is 13.8. The SMILES string of the molecule is COc1ccc([C@@H]2CC(=O)C3=C(C2)Nc2ccccc2N[C@@H]3c2coc3c(Cl)cc(Cl)cc3c2=O)cc1. The van der Waals surface area contributed by atoms with Gasteiger partial charge in [0.15, 0.2) is 16.8 Å². The zero-order valence-electron chi connectivity index (χ0n) is 19.8. The Labute approximate surface area is 222 Å². The molecule has 0 amide bonds. The van der Waals surface area contributed by atoms with E-state index < -0.39 is 6.04 Å². The van der Waals surface area contributed by atoms with Crippen LogP contribution in [0, 0.1) is 0 Å². The third-order valence-electron chi connectivity index (χ3n) is 7.03. The van der Waals surface area contributed by atoms with E-state index in [1.165, 1.54) is 12.3 Å². The molecule has 6 nitrogen and oxygen atoms in total. The number of halogens is 2. The van der Waals surface area contributed by atoms with Crippen molar-refractivity contribution in [2.75, 3.05) is 17.7 Å². The van der Waals surface area contributed by atoms with Crippen LogP contribution < -0.4 is 20.8 Å². The summed E-state index contributed by atoms with van der Waals surface area (Å²) in [5, 5.41) is 7.76. The summed E-state index contributed by atoms with van der Waals surface area (Å²) < 4.78 is 11.1. The van der Waals surface area contributed by atoms with E-state index in [9.17, 15) is 9.59 Å². The summed E-state index contributed by atoms with van der Waals surface area (Å²) in [6, 6.07) is 17.8. The Hall–Kier alpha value is -3.74. The molecular formula is C29H22Cl2N2O4. The molecule has 4 aromatic rings. The molecule has 0 radical (unpaired) electrons. The first-order chi connectivity index (χ1) is 17.9. The van der Waals surface area contributed by atoms with Crippen molar-refractivity contribution >= 4 is 51.3 Å². The zero-order valence-corrected chi connectivity index (χ0v) is 21.3. The van der Waals surface area contributed by atoms with Gasteiger partial charge < -0.3 is 19.8 Å². The second-order valence-electron chi connectivity index (χ2n) is 9.23. The maximum absolute atomic E-state index is 13.8. The van der Waals surface area contributed by atoms with Crippen molar-refractivity contribution in [2.45, 2.75) is 24.8 Å². The van der Waals surface area contributed by atoms with Gasteiger partial charge in [-0.05, 0) is 54.3 Å². The lowest BCUT2D eigenvalue weighted by atomic mass is 9.78. The highest BCUT2D eigenvalue weighted by atomic mass is 35.5. The van der Waals surface area contributed by atoms with Crippen LogP contribution in [0.1, 0.15) is 35.9 Å². The molecule has 1 aliphatic carbocycles. The molecule has 37 heavy (non-hydrogen) atoms. The zero-order chi connectivity index (χ0) is 25.7. The number of hydrogen-bond acceptors (Lipinski definition) is 6. The van der Waals surface area contributed by atoms with E-state index in [1.807, 2.05) is 48.5 Å². The number of carbonyl (C=O) groups excluding carboxylic acids is 1. The van der Waals surface area contributed by atoms with Gasteiger partial charge in [0.1, 0.15) is 12.0 Å². The highest BCUT2D eigenvalue weighted by molar-refractivity contribution is 6.38. The molecule has 0 spiro atoms. The van der Waals surface area contributed by atoms with E-state index >= 15 is 0 Å². The number of allylic oxidation sites excluding steroid dienone is 1. The molecule has 0 unspecified atom stereocenters. The van der Waals surface area contributed by atoms with E-state index in [0.717, 1.165) is 28.4 Å². The number of methoxy groups -OCH3 is 1. The van der Waals surface area contributed by atoms with Crippen LogP contribution in [-0.2, 0) is 4.79 Å². The maximum Gasteiger partial charge on any atom is 0.198 e. The molecule has 1 aromatic heterocycles. The standard InChI is InChI=1S/C29H22Cl2N2O4/c1-36-18-8-6-15(7-9-18)16-10-24-26(25(34)11-16)27(33-23-5-3-2-4-22(23)32-24)20-14-37-29-19(28(20)35)12-17(30)13-21(29)31/h2-9,12-14,16,27,32-33H,10-11H2,1H3/t16-,27+/m0/s1. The smallest absolute Gasteiger partial charge is 0.198 e. The quantitative estimate of drug-likeness (QED) is 0.293. The lowest BCUT2D eigenvalue weighted by molar-refractivity contribution is -0.116. The fourth-order valence-corrected chi connectivity index (χ4v) is 5.75. The number of ketones is 1. The number of benzene rings is 3.